The Labute approximate surface area is 130 Å². The van der Waals surface area contributed by atoms with Crippen molar-refractivity contribution in [2.24, 2.45) is 0 Å². The first-order valence-corrected chi connectivity index (χ1v) is 8.11. The molecule has 0 bridgehead atoms. The highest BCUT2D eigenvalue weighted by molar-refractivity contribution is 9.11. The molecule has 0 atom stereocenters. The minimum Gasteiger partial charge on any atom is -0.472 e. The lowest BCUT2D eigenvalue weighted by Crippen LogP contribution is -2.48. The molecular formula is C14H15BrN2O2S. The minimum atomic E-state index is 0.0669. The van der Waals surface area contributed by atoms with Gasteiger partial charge in [-0.25, -0.2) is 0 Å². The molecule has 0 spiro atoms. The monoisotopic (exact) mass is 354 g/mol. The number of hydrogen-bond donors (Lipinski definition) is 0. The van der Waals surface area contributed by atoms with Crippen LogP contribution in [0.4, 0.5) is 0 Å². The Balaban J connectivity index is 1.53. The molecule has 0 unspecified atom stereocenters. The third-order valence-corrected chi connectivity index (χ3v) is 5.04. The number of nitrogens with zero attached hydrogens (tertiary/aromatic N) is 2. The number of halogens is 1. The lowest BCUT2D eigenvalue weighted by molar-refractivity contribution is 0.0629. The van der Waals surface area contributed by atoms with Crippen LogP contribution in [0.3, 0.4) is 0 Å². The average molecular weight is 355 g/mol. The van der Waals surface area contributed by atoms with Crippen molar-refractivity contribution >= 4 is 33.2 Å². The van der Waals surface area contributed by atoms with Crippen LogP contribution in [0.2, 0.25) is 0 Å². The largest absolute Gasteiger partial charge is 0.472 e. The first-order valence-electron chi connectivity index (χ1n) is 6.50. The van der Waals surface area contributed by atoms with Crippen LogP contribution in [-0.2, 0) is 6.54 Å². The van der Waals surface area contributed by atoms with Crippen molar-refractivity contribution in [2.45, 2.75) is 6.54 Å². The van der Waals surface area contributed by atoms with Gasteiger partial charge in [-0.3, -0.25) is 9.69 Å². The molecule has 0 radical (unpaired) electrons. The first kappa shape index (κ1) is 13.9. The van der Waals surface area contributed by atoms with Crippen LogP contribution in [0.5, 0.6) is 0 Å². The minimum absolute atomic E-state index is 0.0669. The molecule has 0 N–H and O–H groups in total. The van der Waals surface area contributed by atoms with Gasteiger partial charge in [-0.2, -0.15) is 0 Å². The van der Waals surface area contributed by atoms with Crippen LogP contribution in [0.15, 0.2) is 38.9 Å². The van der Waals surface area contributed by atoms with Crippen molar-refractivity contribution < 1.29 is 9.21 Å². The second kappa shape index (κ2) is 6.11. The number of thiophene rings is 1. The summed E-state index contributed by atoms with van der Waals surface area (Å²) in [6, 6.07) is 5.95. The molecular weight excluding hydrogens is 340 g/mol. The van der Waals surface area contributed by atoms with E-state index in [-0.39, 0.29) is 5.91 Å². The molecule has 4 nitrogen and oxygen atoms in total. The maximum Gasteiger partial charge on any atom is 0.257 e. The number of carbonyl (C=O) groups is 1. The van der Waals surface area contributed by atoms with Crippen LogP contribution >= 0.6 is 27.3 Å². The van der Waals surface area contributed by atoms with Crippen molar-refractivity contribution in [3.63, 3.8) is 0 Å². The van der Waals surface area contributed by atoms with E-state index < -0.39 is 0 Å². The maximum atomic E-state index is 12.2. The first-order chi connectivity index (χ1) is 9.72. The van der Waals surface area contributed by atoms with Gasteiger partial charge in [0.2, 0.25) is 0 Å². The number of furan rings is 1. The molecule has 106 valence electrons. The smallest absolute Gasteiger partial charge is 0.257 e. The zero-order chi connectivity index (χ0) is 13.9. The Kier molecular flexibility index (Phi) is 4.24. The van der Waals surface area contributed by atoms with E-state index in [4.69, 9.17) is 4.42 Å². The fraction of sp³-hybridized carbons (Fsp3) is 0.357. The van der Waals surface area contributed by atoms with Crippen LogP contribution in [0, 0.1) is 0 Å². The number of hydrogen-bond acceptors (Lipinski definition) is 4. The van der Waals surface area contributed by atoms with E-state index in [0.717, 1.165) is 32.7 Å². The summed E-state index contributed by atoms with van der Waals surface area (Å²) in [6.07, 6.45) is 3.05. The molecule has 2 aromatic heterocycles. The molecule has 0 aromatic carbocycles. The zero-order valence-corrected chi connectivity index (χ0v) is 13.3. The van der Waals surface area contributed by atoms with Gasteiger partial charge in [-0.15, -0.1) is 11.3 Å². The van der Waals surface area contributed by atoms with Crippen molar-refractivity contribution in [1.82, 2.24) is 9.80 Å². The molecule has 6 heteroatoms. The maximum absolute atomic E-state index is 12.2. The summed E-state index contributed by atoms with van der Waals surface area (Å²) in [5.41, 5.74) is 0.639. The third kappa shape index (κ3) is 3.13. The predicted octanol–water partition coefficient (Wildman–Crippen LogP) is 3.06. The van der Waals surface area contributed by atoms with E-state index >= 15 is 0 Å². The summed E-state index contributed by atoms with van der Waals surface area (Å²) < 4.78 is 6.14. The molecule has 3 heterocycles. The van der Waals surface area contributed by atoms with E-state index in [1.807, 2.05) is 4.90 Å². The van der Waals surface area contributed by atoms with Gasteiger partial charge in [0.15, 0.2) is 0 Å². The predicted molar refractivity (Wildman–Crippen MR) is 81.9 cm³/mol. The van der Waals surface area contributed by atoms with Gasteiger partial charge in [0.1, 0.15) is 6.26 Å². The van der Waals surface area contributed by atoms with Gasteiger partial charge >= 0.3 is 0 Å². The highest BCUT2D eigenvalue weighted by Gasteiger charge is 2.22. The topological polar surface area (TPSA) is 36.7 Å². The number of rotatable bonds is 3. The molecule has 0 saturated carbocycles. The Bertz CT molecular complexity index is 574. The molecule has 20 heavy (non-hydrogen) atoms. The molecule has 0 aliphatic carbocycles. The summed E-state index contributed by atoms with van der Waals surface area (Å²) in [7, 11) is 0. The van der Waals surface area contributed by atoms with Crippen molar-refractivity contribution in [3.05, 3.63) is 45.0 Å². The summed E-state index contributed by atoms with van der Waals surface area (Å²) in [6.45, 7) is 4.34. The quantitative estimate of drug-likeness (QED) is 0.849. The summed E-state index contributed by atoms with van der Waals surface area (Å²) >= 11 is 5.25. The van der Waals surface area contributed by atoms with Gasteiger partial charge in [-0.05, 0) is 34.1 Å². The van der Waals surface area contributed by atoms with Gasteiger partial charge < -0.3 is 9.32 Å². The van der Waals surface area contributed by atoms with E-state index in [0.29, 0.717) is 5.56 Å². The molecule has 1 aliphatic rings. The summed E-state index contributed by atoms with van der Waals surface area (Å²) in [5.74, 6) is 0.0669. The van der Waals surface area contributed by atoms with Crippen LogP contribution in [0.1, 0.15) is 15.2 Å². The van der Waals surface area contributed by atoms with Gasteiger partial charge in [0.05, 0.1) is 15.6 Å². The van der Waals surface area contributed by atoms with E-state index in [1.54, 1.807) is 17.4 Å². The van der Waals surface area contributed by atoms with Crippen LogP contribution < -0.4 is 0 Å². The SMILES string of the molecule is O=C(c1ccoc1)N1CCN(Cc2ccc(Br)s2)CC1. The van der Waals surface area contributed by atoms with Gasteiger partial charge in [-0.1, -0.05) is 0 Å². The number of piperazine rings is 1. The van der Waals surface area contributed by atoms with Crippen molar-refractivity contribution in [3.8, 4) is 0 Å². The molecule has 1 fully saturated rings. The average Bonchev–Trinajstić information content (AvgIpc) is 3.11. The lowest BCUT2D eigenvalue weighted by atomic mass is 10.2. The number of carbonyl (C=O) groups excluding carboxylic acids is 1. The summed E-state index contributed by atoms with van der Waals surface area (Å²) in [4.78, 5) is 17.8. The third-order valence-electron chi connectivity index (χ3n) is 3.44. The Morgan fingerprint density at radius 2 is 2.05 bits per heavy atom. The lowest BCUT2D eigenvalue weighted by Gasteiger charge is -2.34. The van der Waals surface area contributed by atoms with E-state index in [9.17, 15) is 4.79 Å². The summed E-state index contributed by atoms with van der Waals surface area (Å²) in [5, 5.41) is 0. The second-order valence-electron chi connectivity index (χ2n) is 4.79. The standard InChI is InChI=1S/C14H15BrN2O2S/c15-13-2-1-12(20-13)9-16-4-6-17(7-5-16)14(18)11-3-8-19-10-11/h1-3,8,10H,4-7,9H2. The Morgan fingerprint density at radius 3 is 2.65 bits per heavy atom. The Morgan fingerprint density at radius 1 is 1.25 bits per heavy atom. The highest BCUT2D eigenvalue weighted by Crippen LogP contribution is 2.23. The van der Waals surface area contributed by atoms with Crippen LogP contribution in [0.25, 0.3) is 0 Å². The van der Waals surface area contributed by atoms with Gasteiger partial charge in [0, 0.05) is 37.6 Å². The van der Waals surface area contributed by atoms with Gasteiger partial charge in [0.25, 0.3) is 5.91 Å². The molecule has 2 aromatic rings. The van der Waals surface area contributed by atoms with Crippen LogP contribution in [-0.4, -0.2) is 41.9 Å². The van der Waals surface area contributed by atoms with Crippen molar-refractivity contribution in [2.75, 3.05) is 26.2 Å². The molecule has 1 amide bonds. The molecule has 1 aliphatic heterocycles. The zero-order valence-electron chi connectivity index (χ0n) is 10.9. The van der Waals surface area contributed by atoms with Crippen molar-refractivity contribution in [1.29, 1.82) is 0 Å². The van der Waals surface area contributed by atoms with E-state index in [1.165, 1.54) is 21.2 Å². The van der Waals surface area contributed by atoms with E-state index in [2.05, 4.69) is 33.0 Å². The highest BCUT2D eigenvalue weighted by atomic mass is 79.9. The molecule has 1 saturated heterocycles. The fourth-order valence-electron chi connectivity index (χ4n) is 2.33. The fourth-order valence-corrected chi connectivity index (χ4v) is 3.86. The molecule has 3 rings (SSSR count). The second-order valence-corrected chi connectivity index (χ2v) is 7.33. The Hall–Kier alpha value is -1.11. The number of amides is 1. The normalized spacial score (nSPS) is 16.6.